The third kappa shape index (κ3) is 6.53. The molecule has 0 radical (unpaired) electrons. The third-order valence-electron chi connectivity index (χ3n) is 14.1. The first kappa shape index (κ1) is 35.5. The summed E-state index contributed by atoms with van der Waals surface area (Å²) in [4.78, 5) is 14.0. The van der Waals surface area contributed by atoms with Crippen molar-refractivity contribution < 1.29 is 52.9 Å². The highest BCUT2D eigenvalue weighted by Crippen LogP contribution is 2.54. The molecule has 0 aromatic carbocycles. The summed E-state index contributed by atoms with van der Waals surface area (Å²) < 4.78 is 53.9. The van der Waals surface area contributed by atoms with Gasteiger partial charge >= 0.3 is 0 Å². The molecule has 284 valence electrons. The van der Waals surface area contributed by atoms with Crippen molar-refractivity contribution in [2.45, 2.75) is 195 Å². The number of aliphatic hydroxyl groups is 2. The Hall–Kier alpha value is -1.25. The van der Waals surface area contributed by atoms with E-state index in [1.54, 1.807) is 0 Å². The highest BCUT2D eigenvalue weighted by molar-refractivity contribution is 5.79. The maximum absolute atomic E-state index is 14.0. The second-order valence-corrected chi connectivity index (χ2v) is 17.5. The molecule has 12 bridgehead atoms. The predicted octanol–water partition coefficient (Wildman–Crippen LogP) is 4.09. The van der Waals surface area contributed by atoms with Crippen LogP contribution < -0.4 is 0 Å². The average molecular weight is 715 g/mol. The van der Waals surface area contributed by atoms with Crippen LogP contribution in [-0.2, 0) is 42.7 Å². The Morgan fingerprint density at radius 2 is 1.49 bits per heavy atom. The second-order valence-electron chi connectivity index (χ2n) is 17.5. The fourth-order valence-corrected chi connectivity index (χ4v) is 11.3. The molecule has 51 heavy (non-hydrogen) atoms. The number of rotatable bonds is 3. The van der Waals surface area contributed by atoms with Gasteiger partial charge in [-0.15, -0.1) is 0 Å². The summed E-state index contributed by atoms with van der Waals surface area (Å²) in [5.74, 6) is -0.367. The van der Waals surface area contributed by atoms with Crippen LogP contribution in [0.3, 0.4) is 0 Å². The van der Waals surface area contributed by atoms with Crippen molar-refractivity contribution in [2.75, 3.05) is 6.61 Å². The summed E-state index contributed by atoms with van der Waals surface area (Å²) in [7, 11) is 0. The van der Waals surface area contributed by atoms with Crippen LogP contribution in [0.5, 0.6) is 0 Å². The molecular formula is C40H58O11. The molecule has 11 nitrogen and oxygen atoms in total. The number of fused-ring (bicyclic) bond motifs is 6. The van der Waals surface area contributed by atoms with Gasteiger partial charge in [-0.3, -0.25) is 4.79 Å². The number of ether oxygens (including phenoxy) is 8. The summed E-state index contributed by atoms with van der Waals surface area (Å²) in [5.41, 5.74) is 2.22. The molecule has 2 N–H and O–H groups in total. The lowest BCUT2D eigenvalue weighted by Crippen LogP contribution is -2.61. The van der Waals surface area contributed by atoms with Crippen molar-refractivity contribution in [3.8, 4) is 0 Å². The van der Waals surface area contributed by atoms with E-state index >= 15 is 0 Å². The summed E-state index contributed by atoms with van der Waals surface area (Å²) in [6.45, 7) is 12.9. The Bertz CT molecular complexity index is 1360. The zero-order chi connectivity index (χ0) is 35.2. The van der Waals surface area contributed by atoms with Gasteiger partial charge in [-0.1, -0.05) is 27.0 Å². The van der Waals surface area contributed by atoms with Crippen molar-refractivity contribution in [1.82, 2.24) is 0 Å². The third-order valence-corrected chi connectivity index (χ3v) is 14.1. The van der Waals surface area contributed by atoms with Crippen molar-refractivity contribution >= 4 is 5.78 Å². The van der Waals surface area contributed by atoms with E-state index in [0.717, 1.165) is 56.1 Å². The van der Waals surface area contributed by atoms with E-state index in [9.17, 15) is 15.0 Å². The fourth-order valence-electron chi connectivity index (χ4n) is 11.3. The standard InChI is InChI=1S/C40H58O11/c1-19-11-25-5-7-29-20(2)12-27(44-29)9-10-40-17-34-36(50-40)37-38(49-34)39(51-40)35-30(48-37)8-6-26(46-35)13-23(42)14-28-22(4)31(15-24(43)18-41)47-33(28)16-32(45-25)21(19)3/h19,22,24-39,41,43H,2-3,5-18H2,1,4H3/t19-,22-,24+,25+,26-,27?,28?,29?,30+,31-,32?,33+,34-,35+,36?,37+,38-,39?,40+/m1/s1. The minimum absolute atomic E-state index is 0.00894. The lowest BCUT2D eigenvalue weighted by Gasteiger charge is -2.47. The summed E-state index contributed by atoms with van der Waals surface area (Å²) >= 11 is 0. The van der Waals surface area contributed by atoms with Crippen LogP contribution in [0.1, 0.15) is 97.3 Å². The molecule has 0 aliphatic carbocycles. The number of Topliss-reactive ketones (excluding diaryl/α,β-unsaturated/α-hetero) is 1. The molecular weight excluding hydrogens is 656 g/mol. The minimum Gasteiger partial charge on any atom is -0.394 e. The first-order valence-corrected chi connectivity index (χ1v) is 20.0. The molecule has 10 aliphatic heterocycles. The van der Waals surface area contributed by atoms with Gasteiger partial charge in [0.1, 0.15) is 36.3 Å². The SMILES string of the molecule is C=C1CC2CC[C@@]34C[C@H]5O[C@H]6C(O3)[C@H]3O[C@H](CC[C@@H]3O[C@H]6C5O4)CC(=O)CC3[C@H](CC4O[C@@H](CCC1O2)C[C@@H](C)C4=C)O[C@H](C[C@H](O)CO)[C@@H]3C. The van der Waals surface area contributed by atoms with Crippen LogP contribution in [0, 0.1) is 17.8 Å². The lowest BCUT2D eigenvalue weighted by atomic mass is 9.79. The maximum atomic E-state index is 14.0. The topological polar surface area (TPSA) is 131 Å². The van der Waals surface area contributed by atoms with Crippen LogP contribution in [0.4, 0.5) is 0 Å². The largest absolute Gasteiger partial charge is 0.394 e. The first-order chi connectivity index (χ1) is 24.6. The highest BCUT2D eigenvalue weighted by Gasteiger charge is 2.68. The molecule has 1 spiro atoms. The van der Waals surface area contributed by atoms with Gasteiger partial charge in [-0.05, 0) is 73.8 Å². The van der Waals surface area contributed by atoms with Crippen LogP contribution in [-0.4, -0.2) is 120 Å². The first-order valence-electron chi connectivity index (χ1n) is 20.0. The Balaban J connectivity index is 0.986. The smallest absolute Gasteiger partial charge is 0.172 e. The molecule has 0 aromatic rings. The highest BCUT2D eigenvalue weighted by atomic mass is 16.8. The van der Waals surface area contributed by atoms with Crippen molar-refractivity contribution in [1.29, 1.82) is 0 Å². The molecule has 0 aromatic heterocycles. The zero-order valence-corrected chi connectivity index (χ0v) is 30.3. The molecule has 10 aliphatic rings. The summed E-state index contributed by atoms with van der Waals surface area (Å²) in [6, 6.07) is 0. The van der Waals surface area contributed by atoms with Crippen LogP contribution in [0.15, 0.2) is 24.3 Å². The average Bonchev–Trinajstić information content (AvgIpc) is 3.77. The summed E-state index contributed by atoms with van der Waals surface area (Å²) in [6.07, 6.45) is 5.65. The molecule has 11 heteroatoms. The molecule has 10 fully saturated rings. The Labute approximate surface area is 301 Å². The normalized spacial score (nSPS) is 53.2. The predicted molar refractivity (Wildman–Crippen MR) is 183 cm³/mol. The van der Waals surface area contributed by atoms with Crippen molar-refractivity contribution in [3.05, 3.63) is 24.3 Å². The molecule has 0 amide bonds. The lowest BCUT2D eigenvalue weighted by molar-refractivity contribution is -0.292. The van der Waals surface area contributed by atoms with E-state index in [0.29, 0.717) is 44.4 Å². The van der Waals surface area contributed by atoms with Gasteiger partial charge in [0, 0.05) is 38.5 Å². The molecule has 10 saturated heterocycles. The van der Waals surface area contributed by atoms with Gasteiger partial charge < -0.3 is 48.1 Å². The molecule has 19 atom stereocenters. The van der Waals surface area contributed by atoms with Gasteiger partial charge in [0.2, 0.25) is 0 Å². The molecule has 10 heterocycles. The van der Waals surface area contributed by atoms with E-state index in [1.165, 1.54) is 0 Å². The number of carbonyl (C=O) groups excluding carboxylic acids is 1. The van der Waals surface area contributed by atoms with E-state index in [2.05, 4.69) is 27.0 Å². The van der Waals surface area contributed by atoms with E-state index in [-0.39, 0.29) is 110 Å². The van der Waals surface area contributed by atoms with Gasteiger partial charge in [-0.2, -0.15) is 0 Å². The van der Waals surface area contributed by atoms with Gasteiger partial charge in [0.15, 0.2) is 5.79 Å². The quantitative estimate of drug-likeness (QED) is 0.410. The summed E-state index contributed by atoms with van der Waals surface area (Å²) in [5, 5.41) is 20.0. The Kier molecular flexibility index (Phi) is 9.59. The number of hydrogen-bond donors (Lipinski definition) is 2. The second kappa shape index (κ2) is 13.8. The maximum Gasteiger partial charge on any atom is 0.172 e. The number of hydrogen-bond acceptors (Lipinski definition) is 11. The monoisotopic (exact) mass is 714 g/mol. The van der Waals surface area contributed by atoms with E-state index in [1.807, 2.05) is 0 Å². The van der Waals surface area contributed by atoms with Crippen LogP contribution >= 0.6 is 0 Å². The van der Waals surface area contributed by atoms with Crippen LogP contribution in [0.2, 0.25) is 0 Å². The van der Waals surface area contributed by atoms with Gasteiger partial charge in [0.25, 0.3) is 0 Å². The molecule has 6 unspecified atom stereocenters. The number of carbonyl (C=O) groups is 1. The van der Waals surface area contributed by atoms with Crippen molar-refractivity contribution in [2.24, 2.45) is 17.8 Å². The Morgan fingerprint density at radius 1 is 0.745 bits per heavy atom. The van der Waals surface area contributed by atoms with E-state index in [4.69, 9.17) is 37.9 Å². The van der Waals surface area contributed by atoms with Crippen molar-refractivity contribution in [3.63, 3.8) is 0 Å². The Morgan fingerprint density at radius 3 is 2.33 bits per heavy atom. The zero-order valence-electron chi connectivity index (χ0n) is 30.3. The molecule has 0 saturated carbocycles. The van der Waals surface area contributed by atoms with Gasteiger partial charge in [-0.25, -0.2) is 0 Å². The number of ketones is 1. The van der Waals surface area contributed by atoms with Gasteiger partial charge in [0.05, 0.1) is 67.6 Å². The minimum atomic E-state index is -0.872. The number of aliphatic hydroxyl groups excluding tert-OH is 2. The fraction of sp³-hybridized carbons (Fsp3) is 0.875. The molecule has 10 rings (SSSR count). The van der Waals surface area contributed by atoms with Crippen LogP contribution in [0.25, 0.3) is 0 Å². The van der Waals surface area contributed by atoms with E-state index < -0.39 is 11.9 Å².